The third-order valence-corrected chi connectivity index (χ3v) is 4.98. The third-order valence-electron chi connectivity index (χ3n) is 3.01. The molecule has 0 fully saturated rings. The molecule has 0 radical (unpaired) electrons. The van der Waals surface area contributed by atoms with Crippen LogP contribution in [0.5, 0.6) is 5.75 Å². The van der Waals surface area contributed by atoms with E-state index in [0.29, 0.717) is 5.41 Å². The number of benzene rings is 2. The van der Waals surface area contributed by atoms with Crippen molar-refractivity contribution in [3.05, 3.63) is 59.5 Å². The molecule has 11 heteroatoms. The summed E-state index contributed by atoms with van der Waals surface area (Å²) in [5.74, 6) is -0.209. The molecule has 140 valence electrons. The number of sulfonamides is 2. The highest BCUT2D eigenvalue weighted by Gasteiger charge is 2.17. The van der Waals surface area contributed by atoms with E-state index in [2.05, 4.69) is 9.46 Å². The molecule has 0 aliphatic heterocycles. The van der Waals surface area contributed by atoms with Gasteiger partial charge in [-0.2, -0.15) is 8.78 Å². The molecular formula is C15H14F2N2O5S2. The van der Waals surface area contributed by atoms with Crippen molar-refractivity contribution >= 4 is 31.8 Å². The van der Waals surface area contributed by atoms with Crippen LogP contribution >= 0.6 is 0 Å². The maximum atomic E-state index is 12.4. The molecule has 0 aliphatic carbocycles. The van der Waals surface area contributed by atoms with Gasteiger partial charge in [0.2, 0.25) is 10.0 Å². The summed E-state index contributed by atoms with van der Waals surface area (Å²) in [6.07, 6.45) is 1.04. The van der Waals surface area contributed by atoms with Gasteiger partial charge in [-0.3, -0.25) is 4.72 Å². The fourth-order valence-electron chi connectivity index (χ4n) is 1.97. The zero-order valence-corrected chi connectivity index (χ0v) is 14.7. The Kier molecular flexibility index (Phi) is 5.95. The highest BCUT2D eigenvalue weighted by atomic mass is 32.2. The smallest absolute Gasteiger partial charge is 0.387 e. The lowest BCUT2D eigenvalue weighted by Crippen LogP contribution is -2.17. The van der Waals surface area contributed by atoms with Gasteiger partial charge in [0.15, 0.2) is 0 Å². The van der Waals surface area contributed by atoms with Gasteiger partial charge >= 0.3 is 6.61 Å². The number of rotatable bonds is 7. The van der Waals surface area contributed by atoms with E-state index in [1.54, 1.807) is 0 Å². The first-order chi connectivity index (χ1) is 12.1. The fourth-order valence-corrected chi connectivity index (χ4v) is 3.61. The number of primary sulfonamides is 1. The van der Waals surface area contributed by atoms with Crippen LogP contribution in [0.2, 0.25) is 0 Å². The average Bonchev–Trinajstić information content (AvgIpc) is 2.53. The van der Waals surface area contributed by atoms with E-state index in [0.717, 1.165) is 12.1 Å². The van der Waals surface area contributed by atoms with Crippen LogP contribution in [0.1, 0.15) is 5.56 Å². The Balaban J connectivity index is 2.30. The van der Waals surface area contributed by atoms with Gasteiger partial charge in [0, 0.05) is 5.56 Å². The van der Waals surface area contributed by atoms with Crippen LogP contribution < -0.4 is 14.6 Å². The Morgan fingerprint density at radius 1 is 1.00 bits per heavy atom. The number of hydrogen-bond donors (Lipinski definition) is 2. The standard InChI is InChI=1S/C15H14F2N2O5S2/c16-15(17)24-13-7-3-1-5-11(13)9-10-25(20,21)19-12-6-2-4-8-14(12)26(18,22)23/h1-10,15,19H,(H2,18,22,23)/b10-9+. The van der Waals surface area contributed by atoms with E-state index < -0.39 is 31.6 Å². The van der Waals surface area contributed by atoms with E-state index in [4.69, 9.17) is 5.14 Å². The van der Waals surface area contributed by atoms with Crippen molar-refractivity contribution in [2.75, 3.05) is 4.72 Å². The topological polar surface area (TPSA) is 116 Å². The Morgan fingerprint density at radius 3 is 2.27 bits per heavy atom. The van der Waals surface area contributed by atoms with Crippen molar-refractivity contribution in [3.8, 4) is 5.75 Å². The van der Waals surface area contributed by atoms with E-state index in [9.17, 15) is 25.6 Å². The second-order valence-corrected chi connectivity index (χ2v) is 8.00. The summed E-state index contributed by atoms with van der Waals surface area (Å²) in [5, 5.41) is 5.73. The van der Waals surface area contributed by atoms with Gasteiger partial charge in [0.1, 0.15) is 10.6 Å². The Morgan fingerprint density at radius 2 is 1.62 bits per heavy atom. The zero-order valence-electron chi connectivity index (χ0n) is 13.0. The summed E-state index contributed by atoms with van der Waals surface area (Å²) in [6.45, 7) is -3.07. The van der Waals surface area contributed by atoms with Gasteiger partial charge in [-0.25, -0.2) is 22.0 Å². The summed E-state index contributed by atoms with van der Waals surface area (Å²) < 4.78 is 78.4. The first kappa shape index (κ1) is 19.8. The SMILES string of the molecule is NS(=O)(=O)c1ccccc1NS(=O)(=O)/C=C/c1ccccc1OC(F)F. The van der Waals surface area contributed by atoms with Crippen molar-refractivity contribution in [1.82, 2.24) is 0 Å². The van der Waals surface area contributed by atoms with Crippen molar-refractivity contribution in [2.24, 2.45) is 5.14 Å². The molecule has 2 aromatic rings. The molecule has 26 heavy (non-hydrogen) atoms. The molecule has 0 heterocycles. The molecule has 0 saturated heterocycles. The van der Waals surface area contributed by atoms with Gasteiger partial charge in [-0.15, -0.1) is 0 Å². The molecule has 0 atom stereocenters. The quantitative estimate of drug-likeness (QED) is 0.735. The number of ether oxygens (including phenoxy) is 1. The molecule has 0 aromatic heterocycles. The van der Waals surface area contributed by atoms with E-state index >= 15 is 0 Å². The lowest BCUT2D eigenvalue weighted by molar-refractivity contribution is -0.0499. The minimum atomic E-state index is -4.15. The first-order valence-corrected chi connectivity index (χ1v) is 10.0. The molecule has 3 N–H and O–H groups in total. The minimum Gasteiger partial charge on any atom is -0.434 e. The largest absolute Gasteiger partial charge is 0.434 e. The lowest BCUT2D eigenvalue weighted by atomic mass is 10.2. The van der Waals surface area contributed by atoms with Crippen LogP contribution in [0, 0.1) is 0 Å². The zero-order chi connectivity index (χ0) is 19.4. The summed E-state index contributed by atoms with van der Waals surface area (Å²) in [5.41, 5.74) is -0.144. The van der Waals surface area contributed by atoms with Crippen molar-refractivity contribution in [2.45, 2.75) is 11.5 Å². The molecule has 2 rings (SSSR count). The summed E-state index contributed by atoms with van der Waals surface area (Å²) in [4.78, 5) is -0.404. The second kappa shape index (κ2) is 7.81. The van der Waals surface area contributed by atoms with Crippen molar-refractivity contribution in [3.63, 3.8) is 0 Å². The lowest BCUT2D eigenvalue weighted by Gasteiger charge is -2.09. The number of alkyl halides is 2. The molecular weight excluding hydrogens is 390 g/mol. The molecule has 7 nitrogen and oxygen atoms in total. The van der Waals surface area contributed by atoms with Crippen LogP contribution in [-0.4, -0.2) is 23.4 Å². The number of hydrogen-bond acceptors (Lipinski definition) is 5. The second-order valence-electron chi connectivity index (χ2n) is 4.91. The average molecular weight is 404 g/mol. The highest BCUT2D eigenvalue weighted by molar-refractivity contribution is 7.95. The minimum absolute atomic E-state index is 0.0953. The first-order valence-electron chi connectivity index (χ1n) is 6.95. The number of nitrogens with two attached hydrogens (primary N) is 1. The van der Waals surface area contributed by atoms with E-state index in [-0.39, 0.29) is 17.0 Å². The predicted molar refractivity (Wildman–Crippen MR) is 92.5 cm³/mol. The molecule has 2 aromatic carbocycles. The van der Waals surface area contributed by atoms with Gasteiger partial charge in [-0.05, 0) is 24.3 Å². The molecule has 0 spiro atoms. The van der Waals surface area contributed by atoms with E-state index in [1.807, 2.05) is 0 Å². The summed E-state index contributed by atoms with van der Waals surface area (Å²) in [6, 6.07) is 10.7. The van der Waals surface area contributed by atoms with Crippen LogP contribution in [0.3, 0.4) is 0 Å². The molecule has 0 saturated carbocycles. The Labute approximate surface area is 149 Å². The molecule has 0 bridgehead atoms. The summed E-state index contributed by atoms with van der Waals surface area (Å²) in [7, 11) is -8.30. The highest BCUT2D eigenvalue weighted by Crippen LogP contribution is 2.23. The van der Waals surface area contributed by atoms with E-state index in [1.165, 1.54) is 42.5 Å². The van der Waals surface area contributed by atoms with Gasteiger partial charge < -0.3 is 4.74 Å². The normalized spacial score (nSPS) is 12.5. The third kappa shape index (κ3) is 5.51. The van der Waals surface area contributed by atoms with Crippen LogP contribution in [0.15, 0.2) is 58.8 Å². The summed E-state index contributed by atoms with van der Waals surface area (Å²) >= 11 is 0. The van der Waals surface area contributed by atoms with Crippen molar-refractivity contribution in [1.29, 1.82) is 0 Å². The number of anilines is 1. The fraction of sp³-hybridized carbons (Fsp3) is 0.0667. The van der Waals surface area contributed by atoms with Crippen LogP contribution in [0.4, 0.5) is 14.5 Å². The Bertz CT molecular complexity index is 1020. The van der Waals surface area contributed by atoms with Crippen molar-refractivity contribution < 1.29 is 30.4 Å². The Hall–Kier alpha value is -2.50. The number of halogens is 2. The molecule has 0 amide bonds. The van der Waals surface area contributed by atoms with Crippen LogP contribution in [0.25, 0.3) is 6.08 Å². The predicted octanol–water partition coefficient (Wildman–Crippen LogP) is 2.35. The maximum Gasteiger partial charge on any atom is 0.387 e. The molecule has 0 unspecified atom stereocenters. The van der Waals surface area contributed by atoms with Crippen LogP contribution in [-0.2, 0) is 20.0 Å². The number of nitrogens with one attached hydrogen (secondary N) is 1. The molecule has 0 aliphatic rings. The van der Waals surface area contributed by atoms with Gasteiger partial charge in [0.25, 0.3) is 10.0 Å². The number of para-hydroxylation sites is 2. The van der Waals surface area contributed by atoms with Gasteiger partial charge in [0.05, 0.1) is 11.1 Å². The van der Waals surface area contributed by atoms with Gasteiger partial charge in [-0.1, -0.05) is 30.3 Å². The monoisotopic (exact) mass is 404 g/mol. The maximum absolute atomic E-state index is 12.4.